The minimum atomic E-state index is -0.525. The summed E-state index contributed by atoms with van der Waals surface area (Å²) in [5, 5.41) is 6.71. The van der Waals surface area contributed by atoms with Gasteiger partial charge in [-0.25, -0.2) is 9.78 Å². The van der Waals surface area contributed by atoms with Crippen molar-refractivity contribution in [2.45, 2.75) is 26.2 Å². The van der Waals surface area contributed by atoms with Gasteiger partial charge in [-0.2, -0.15) is 0 Å². The van der Waals surface area contributed by atoms with Crippen LogP contribution in [0.5, 0.6) is 0 Å². The molecule has 1 aromatic carbocycles. The van der Waals surface area contributed by atoms with Gasteiger partial charge in [0.05, 0.1) is 6.61 Å². The monoisotopic (exact) mass is 274 g/mol. The normalized spacial score (nSPS) is 11.3. The first-order valence-electron chi connectivity index (χ1n) is 6.41. The van der Waals surface area contributed by atoms with E-state index in [1.807, 2.05) is 38.1 Å². The van der Waals surface area contributed by atoms with Gasteiger partial charge >= 0.3 is 5.97 Å². The molecule has 0 radical (unpaired) electrons. The summed E-state index contributed by atoms with van der Waals surface area (Å²) in [6.07, 6.45) is 0. The zero-order valence-electron chi connectivity index (χ0n) is 11.8. The fraction of sp³-hybridized carbons (Fsp3) is 0.357. The lowest BCUT2D eigenvalue weighted by atomic mass is 9.84. The Hall–Kier alpha value is -2.37. The molecule has 1 heterocycles. The number of nitrogens with one attached hydrogen (secondary N) is 1. The number of carbonyl (C=O) groups excluding carboxylic acids is 1. The van der Waals surface area contributed by atoms with E-state index in [4.69, 9.17) is 10.5 Å². The number of esters is 1. The van der Waals surface area contributed by atoms with Crippen LogP contribution in [-0.2, 0) is 10.2 Å². The third-order valence-electron chi connectivity index (χ3n) is 3.17. The van der Waals surface area contributed by atoms with Crippen molar-refractivity contribution in [3.8, 4) is 0 Å². The molecule has 6 nitrogen and oxygen atoms in total. The highest BCUT2D eigenvalue weighted by Crippen LogP contribution is 2.29. The second-order valence-electron chi connectivity index (χ2n) is 4.98. The van der Waals surface area contributed by atoms with Crippen LogP contribution in [0.1, 0.15) is 42.8 Å². The van der Waals surface area contributed by atoms with E-state index < -0.39 is 11.4 Å². The summed E-state index contributed by atoms with van der Waals surface area (Å²) >= 11 is 0. The van der Waals surface area contributed by atoms with Crippen LogP contribution < -0.4 is 5.73 Å². The van der Waals surface area contributed by atoms with E-state index >= 15 is 0 Å². The molecule has 0 saturated heterocycles. The molecule has 106 valence electrons. The molecule has 0 unspecified atom stereocenters. The second-order valence-corrected chi connectivity index (χ2v) is 4.98. The van der Waals surface area contributed by atoms with Crippen molar-refractivity contribution in [2.75, 3.05) is 12.3 Å². The summed E-state index contributed by atoms with van der Waals surface area (Å²) < 4.78 is 4.87. The molecule has 2 rings (SSSR count). The number of nitrogens with two attached hydrogens (primary N) is 1. The zero-order valence-corrected chi connectivity index (χ0v) is 11.8. The lowest BCUT2D eigenvalue weighted by Crippen LogP contribution is -2.21. The molecular weight excluding hydrogens is 256 g/mol. The molecule has 0 fully saturated rings. The maximum Gasteiger partial charge on any atom is 0.378 e. The van der Waals surface area contributed by atoms with Crippen molar-refractivity contribution < 1.29 is 9.53 Å². The Morgan fingerprint density at radius 1 is 1.35 bits per heavy atom. The highest BCUT2D eigenvalue weighted by Gasteiger charge is 2.28. The molecular formula is C14H18N4O2. The molecule has 20 heavy (non-hydrogen) atoms. The molecule has 0 spiro atoms. The second kappa shape index (κ2) is 5.32. The van der Waals surface area contributed by atoms with Gasteiger partial charge in [0.15, 0.2) is 0 Å². The van der Waals surface area contributed by atoms with E-state index in [0.717, 1.165) is 5.56 Å². The number of nitrogen functional groups attached to an aromatic ring is 1. The predicted octanol–water partition coefficient (Wildman–Crippen LogP) is 1.89. The Kier molecular flexibility index (Phi) is 3.74. The fourth-order valence-corrected chi connectivity index (χ4v) is 1.86. The summed E-state index contributed by atoms with van der Waals surface area (Å²) in [6, 6.07) is 7.53. The average molecular weight is 274 g/mol. The number of aromatic amines is 1. The van der Waals surface area contributed by atoms with Gasteiger partial charge in [-0.1, -0.05) is 12.1 Å². The van der Waals surface area contributed by atoms with Gasteiger partial charge in [-0.3, -0.25) is 5.10 Å². The predicted molar refractivity (Wildman–Crippen MR) is 75.3 cm³/mol. The molecule has 0 saturated carbocycles. The van der Waals surface area contributed by atoms with Gasteiger partial charge in [0.1, 0.15) is 5.82 Å². The molecule has 0 atom stereocenters. The SMILES string of the molecule is CCOC(=O)c1n[nH]c(C(C)(C)c2ccc(N)cc2)n1. The van der Waals surface area contributed by atoms with Crippen LogP contribution >= 0.6 is 0 Å². The molecule has 3 N–H and O–H groups in total. The lowest BCUT2D eigenvalue weighted by molar-refractivity contribution is 0.0512. The van der Waals surface area contributed by atoms with E-state index in [1.54, 1.807) is 6.92 Å². The number of ether oxygens (including phenoxy) is 1. The Labute approximate surface area is 117 Å². The van der Waals surface area contributed by atoms with E-state index in [1.165, 1.54) is 0 Å². The van der Waals surface area contributed by atoms with Crippen molar-refractivity contribution >= 4 is 11.7 Å². The Balaban J connectivity index is 2.30. The zero-order chi connectivity index (χ0) is 14.8. The van der Waals surface area contributed by atoms with Crippen LogP contribution in [0.4, 0.5) is 5.69 Å². The van der Waals surface area contributed by atoms with Crippen molar-refractivity contribution in [2.24, 2.45) is 0 Å². The number of anilines is 1. The Morgan fingerprint density at radius 2 is 2.00 bits per heavy atom. The summed E-state index contributed by atoms with van der Waals surface area (Å²) in [4.78, 5) is 15.8. The van der Waals surface area contributed by atoms with Gasteiger partial charge in [0.2, 0.25) is 0 Å². The van der Waals surface area contributed by atoms with Gasteiger partial charge in [0.25, 0.3) is 5.82 Å². The smallest absolute Gasteiger partial charge is 0.378 e. The maximum absolute atomic E-state index is 11.6. The van der Waals surface area contributed by atoms with Crippen LogP contribution in [0.2, 0.25) is 0 Å². The first-order chi connectivity index (χ1) is 9.45. The minimum absolute atomic E-state index is 0.0466. The molecule has 0 amide bonds. The number of hydrogen-bond donors (Lipinski definition) is 2. The summed E-state index contributed by atoms with van der Waals surface area (Å²) in [5.74, 6) is 0.124. The van der Waals surface area contributed by atoms with E-state index in [0.29, 0.717) is 18.1 Å². The molecule has 0 bridgehead atoms. The summed E-state index contributed by atoms with van der Waals surface area (Å²) in [5.41, 5.74) is 7.01. The number of carbonyl (C=O) groups is 1. The Morgan fingerprint density at radius 3 is 2.60 bits per heavy atom. The van der Waals surface area contributed by atoms with Crippen LogP contribution in [0.25, 0.3) is 0 Å². The summed E-state index contributed by atoms with van der Waals surface area (Å²) in [7, 11) is 0. The average Bonchev–Trinajstić information content (AvgIpc) is 2.90. The first kappa shape index (κ1) is 14.0. The van der Waals surface area contributed by atoms with Gasteiger partial charge < -0.3 is 10.5 Å². The lowest BCUT2D eigenvalue weighted by Gasteiger charge is -2.22. The van der Waals surface area contributed by atoms with Crippen molar-refractivity contribution in [1.29, 1.82) is 0 Å². The van der Waals surface area contributed by atoms with E-state index in [2.05, 4.69) is 15.2 Å². The molecule has 0 aliphatic heterocycles. The van der Waals surface area contributed by atoms with Gasteiger partial charge in [0, 0.05) is 11.1 Å². The van der Waals surface area contributed by atoms with Gasteiger partial charge in [-0.05, 0) is 38.5 Å². The highest BCUT2D eigenvalue weighted by molar-refractivity contribution is 5.85. The first-order valence-corrected chi connectivity index (χ1v) is 6.41. The highest BCUT2D eigenvalue weighted by atomic mass is 16.5. The number of benzene rings is 1. The van der Waals surface area contributed by atoms with Crippen LogP contribution in [0.3, 0.4) is 0 Å². The van der Waals surface area contributed by atoms with E-state index in [-0.39, 0.29) is 5.82 Å². The van der Waals surface area contributed by atoms with Crippen LogP contribution in [0.15, 0.2) is 24.3 Å². The standard InChI is InChI=1S/C14H18N4O2/c1-4-20-12(19)11-16-13(18-17-11)14(2,3)9-5-7-10(15)8-6-9/h5-8H,4,15H2,1-3H3,(H,16,17,18). The molecule has 1 aromatic heterocycles. The quantitative estimate of drug-likeness (QED) is 0.656. The minimum Gasteiger partial charge on any atom is -0.460 e. The van der Waals surface area contributed by atoms with Crippen molar-refractivity contribution in [3.05, 3.63) is 41.5 Å². The summed E-state index contributed by atoms with van der Waals surface area (Å²) in [6.45, 7) is 6.02. The third kappa shape index (κ3) is 2.64. The third-order valence-corrected chi connectivity index (χ3v) is 3.17. The number of nitrogens with zero attached hydrogens (tertiary/aromatic N) is 2. The molecule has 0 aliphatic rings. The van der Waals surface area contributed by atoms with E-state index in [9.17, 15) is 4.79 Å². The van der Waals surface area contributed by atoms with Gasteiger partial charge in [-0.15, -0.1) is 5.10 Å². The number of hydrogen-bond acceptors (Lipinski definition) is 5. The Bertz CT molecular complexity index is 602. The topological polar surface area (TPSA) is 93.9 Å². The van der Waals surface area contributed by atoms with Crippen molar-refractivity contribution in [3.63, 3.8) is 0 Å². The molecule has 2 aromatic rings. The van der Waals surface area contributed by atoms with Crippen LogP contribution in [0, 0.1) is 0 Å². The molecule has 6 heteroatoms. The maximum atomic E-state index is 11.6. The number of aromatic nitrogens is 3. The fourth-order valence-electron chi connectivity index (χ4n) is 1.86. The molecule has 0 aliphatic carbocycles. The van der Waals surface area contributed by atoms with Crippen molar-refractivity contribution in [1.82, 2.24) is 15.2 Å². The number of H-pyrrole nitrogens is 1. The largest absolute Gasteiger partial charge is 0.460 e. The number of rotatable bonds is 4. The van der Waals surface area contributed by atoms with Crippen LogP contribution in [-0.4, -0.2) is 27.8 Å².